The van der Waals surface area contributed by atoms with Gasteiger partial charge in [0.1, 0.15) is 5.75 Å². The van der Waals surface area contributed by atoms with Crippen LogP contribution in [0.4, 0.5) is 0 Å². The van der Waals surface area contributed by atoms with E-state index in [1.807, 2.05) is 0 Å². The lowest BCUT2D eigenvalue weighted by atomic mass is 9.71. The van der Waals surface area contributed by atoms with E-state index in [1.54, 1.807) is 7.11 Å². The van der Waals surface area contributed by atoms with Crippen molar-refractivity contribution in [2.45, 2.75) is 57.7 Å². The van der Waals surface area contributed by atoms with Crippen molar-refractivity contribution in [1.29, 1.82) is 0 Å². The van der Waals surface area contributed by atoms with Crippen LogP contribution in [0.2, 0.25) is 0 Å². The molecule has 0 bridgehead atoms. The second-order valence-electron chi connectivity index (χ2n) is 6.32. The molecule has 20 heavy (non-hydrogen) atoms. The van der Waals surface area contributed by atoms with E-state index < -0.39 is 0 Å². The SMILES string of the molecule is COc1c(C)cc(Br)c(C)c1C(Br)C1(C)CCCCC1. The number of halogens is 2. The standard InChI is InChI=1S/C17H24Br2O/c1-11-10-13(18)12(2)14(15(11)20-4)16(19)17(3)8-6-5-7-9-17/h10,16H,5-9H2,1-4H3. The molecule has 1 aliphatic carbocycles. The van der Waals surface area contributed by atoms with E-state index in [4.69, 9.17) is 4.74 Å². The average Bonchev–Trinajstić information content (AvgIpc) is 2.42. The summed E-state index contributed by atoms with van der Waals surface area (Å²) < 4.78 is 6.89. The van der Waals surface area contributed by atoms with Crippen molar-refractivity contribution in [2.24, 2.45) is 5.41 Å². The van der Waals surface area contributed by atoms with Gasteiger partial charge in [0, 0.05) is 14.9 Å². The van der Waals surface area contributed by atoms with Gasteiger partial charge in [-0.25, -0.2) is 0 Å². The highest BCUT2D eigenvalue weighted by atomic mass is 79.9. The fraction of sp³-hybridized carbons (Fsp3) is 0.647. The zero-order valence-corrected chi connectivity index (χ0v) is 16.0. The van der Waals surface area contributed by atoms with Crippen molar-refractivity contribution in [1.82, 2.24) is 0 Å². The van der Waals surface area contributed by atoms with Gasteiger partial charge in [-0.3, -0.25) is 0 Å². The first-order chi connectivity index (χ1) is 9.40. The lowest BCUT2D eigenvalue weighted by Gasteiger charge is -2.39. The van der Waals surface area contributed by atoms with Gasteiger partial charge in [-0.15, -0.1) is 0 Å². The summed E-state index contributed by atoms with van der Waals surface area (Å²) in [5.74, 6) is 1.04. The molecule has 1 aliphatic rings. The summed E-state index contributed by atoms with van der Waals surface area (Å²) in [4.78, 5) is 0.349. The van der Waals surface area contributed by atoms with Crippen LogP contribution in [0.15, 0.2) is 10.5 Å². The average molecular weight is 404 g/mol. The molecule has 0 radical (unpaired) electrons. The smallest absolute Gasteiger partial charge is 0.126 e. The molecule has 1 fully saturated rings. The van der Waals surface area contributed by atoms with E-state index in [2.05, 4.69) is 58.7 Å². The summed E-state index contributed by atoms with van der Waals surface area (Å²) in [7, 11) is 1.78. The molecular formula is C17H24Br2O. The summed E-state index contributed by atoms with van der Waals surface area (Å²) in [5, 5.41) is 0. The first kappa shape index (κ1) is 16.4. The van der Waals surface area contributed by atoms with E-state index in [0.29, 0.717) is 10.2 Å². The molecule has 0 heterocycles. The minimum Gasteiger partial charge on any atom is -0.496 e. The van der Waals surface area contributed by atoms with Crippen LogP contribution in [0.25, 0.3) is 0 Å². The highest BCUT2D eigenvalue weighted by Gasteiger charge is 2.37. The van der Waals surface area contributed by atoms with E-state index in [0.717, 1.165) is 5.75 Å². The molecule has 1 aromatic rings. The molecule has 112 valence electrons. The molecule has 1 saturated carbocycles. The third kappa shape index (κ3) is 2.94. The predicted octanol–water partition coefficient (Wildman–Crippen LogP) is 6.48. The molecular weight excluding hydrogens is 380 g/mol. The second kappa shape index (κ2) is 6.39. The highest BCUT2D eigenvalue weighted by Crippen LogP contribution is 2.54. The monoisotopic (exact) mass is 402 g/mol. The molecule has 1 atom stereocenters. The summed E-state index contributed by atoms with van der Waals surface area (Å²) in [6.45, 7) is 6.72. The normalized spacial score (nSPS) is 19.7. The van der Waals surface area contributed by atoms with Gasteiger partial charge >= 0.3 is 0 Å². The van der Waals surface area contributed by atoms with Crippen LogP contribution in [-0.2, 0) is 0 Å². The maximum absolute atomic E-state index is 5.72. The first-order valence-electron chi connectivity index (χ1n) is 7.38. The topological polar surface area (TPSA) is 9.23 Å². The number of ether oxygens (including phenoxy) is 1. The van der Waals surface area contributed by atoms with Crippen molar-refractivity contribution >= 4 is 31.9 Å². The van der Waals surface area contributed by atoms with E-state index in [9.17, 15) is 0 Å². The first-order valence-corrected chi connectivity index (χ1v) is 9.09. The van der Waals surface area contributed by atoms with E-state index in [1.165, 1.54) is 53.3 Å². The number of rotatable bonds is 3. The van der Waals surface area contributed by atoms with Crippen LogP contribution in [0.1, 0.15) is 60.5 Å². The Morgan fingerprint density at radius 3 is 2.35 bits per heavy atom. The van der Waals surface area contributed by atoms with Crippen LogP contribution < -0.4 is 4.74 Å². The molecule has 0 aromatic heterocycles. The molecule has 0 N–H and O–H groups in total. The Bertz CT molecular complexity index is 490. The lowest BCUT2D eigenvalue weighted by molar-refractivity contribution is 0.210. The summed E-state index contributed by atoms with van der Waals surface area (Å²) in [6.07, 6.45) is 6.64. The van der Waals surface area contributed by atoms with Crippen LogP contribution in [-0.4, -0.2) is 7.11 Å². The molecule has 0 aliphatic heterocycles. The quantitative estimate of drug-likeness (QED) is 0.524. The number of hydrogen-bond donors (Lipinski definition) is 0. The van der Waals surface area contributed by atoms with Crippen LogP contribution in [0, 0.1) is 19.3 Å². The Kier molecular flexibility index (Phi) is 5.23. The maximum Gasteiger partial charge on any atom is 0.126 e. The second-order valence-corrected chi connectivity index (χ2v) is 8.09. The molecule has 1 aromatic carbocycles. The van der Waals surface area contributed by atoms with Crippen molar-refractivity contribution in [3.63, 3.8) is 0 Å². The molecule has 1 nitrogen and oxygen atoms in total. The summed E-state index contributed by atoms with van der Waals surface area (Å²) in [5.41, 5.74) is 4.14. The van der Waals surface area contributed by atoms with Gasteiger partial charge in [0.05, 0.1) is 7.11 Å². The number of aryl methyl sites for hydroxylation is 1. The Morgan fingerprint density at radius 2 is 1.80 bits per heavy atom. The number of benzene rings is 1. The van der Waals surface area contributed by atoms with Crippen LogP contribution >= 0.6 is 31.9 Å². The van der Waals surface area contributed by atoms with Gasteiger partial charge < -0.3 is 4.74 Å². The minimum atomic E-state index is 0.323. The van der Waals surface area contributed by atoms with Crippen molar-refractivity contribution in [3.05, 3.63) is 27.2 Å². The third-order valence-electron chi connectivity index (χ3n) is 4.77. The predicted molar refractivity (Wildman–Crippen MR) is 93.0 cm³/mol. The lowest BCUT2D eigenvalue weighted by Crippen LogP contribution is -2.26. The zero-order valence-electron chi connectivity index (χ0n) is 12.9. The largest absolute Gasteiger partial charge is 0.496 e. The third-order valence-corrected chi connectivity index (χ3v) is 7.16. The Labute approximate surface area is 139 Å². The summed E-state index contributed by atoms with van der Waals surface area (Å²) >= 11 is 7.71. The van der Waals surface area contributed by atoms with E-state index in [-0.39, 0.29) is 0 Å². The van der Waals surface area contributed by atoms with Crippen molar-refractivity contribution < 1.29 is 4.74 Å². The number of alkyl halides is 1. The minimum absolute atomic E-state index is 0.323. The Hall–Kier alpha value is -0.0200. The molecule has 1 unspecified atom stereocenters. The fourth-order valence-corrected chi connectivity index (χ4v) is 4.98. The molecule has 3 heteroatoms. The molecule has 0 spiro atoms. The molecule has 0 saturated heterocycles. The van der Waals surface area contributed by atoms with Crippen molar-refractivity contribution in [3.8, 4) is 5.75 Å². The van der Waals surface area contributed by atoms with Gasteiger partial charge in [0.15, 0.2) is 0 Å². The highest BCUT2D eigenvalue weighted by molar-refractivity contribution is 9.10. The molecule has 0 amide bonds. The van der Waals surface area contributed by atoms with Gasteiger partial charge in [0.25, 0.3) is 0 Å². The number of methoxy groups -OCH3 is 1. The summed E-state index contributed by atoms with van der Waals surface area (Å²) in [6, 6.07) is 2.15. The van der Waals surface area contributed by atoms with Gasteiger partial charge in [-0.2, -0.15) is 0 Å². The molecule has 2 rings (SSSR count). The zero-order chi connectivity index (χ0) is 14.9. The van der Waals surface area contributed by atoms with Gasteiger partial charge in [-0.05, 0) is 49.3 Å². The van der Waals surface area contributed by atoms with Gasteiger partial charge in [0.2, 0.25) is 0 Å². The Balaban J connectivity index is 2.50. The van der Waals surface area contributed by atoms with Crippen LogP contribution in [0.5, 0.6) is 5.75 Å². The van der Waals surface area contributed by atoms with E-state index >= 15 is 0 Å². The number of hydrogen-bond acceptors (Lipinski definition) is 1. The Morgan fingerprint density at radius 1 is 1.20 bits per heavy atom. The van der Waals surface area contributed by atoms with Crippen LogP contribution in [0.3, 0.4) is 0 Å². The maximum atomic E-state index is 5.72. The van der Waals surface area contributed by atoms with Crippen molar-refractivity contribution in [2.75, 3.05) is 7.11 Å². The van der Waals surface area contributed by atoms with Gasteiger partial charge in [-0.1, -0.05) is 58.0 Å². The fourth-order valence-electron chi connectivity index (χ4n) is 3.41.